The fraction of sp³-hybridized carbons (Fsp3) is 0.889. The van der Waals surface area contributed by atoms with Crippen molar-refractivity contribution in [2.75, 3.05) is 6.61 Å². The maximum Gasteiger partial charge on any atom is 0.0646 e. The zero-order chi connectivity index (χ0) is 9.56. The van der Waals surface area contributed by atoms with Crippen molar-refractivity contribution in [2.45, 2.75) is 45.4 Å². The molecule has 0 amide bonds. The van der Waals surface area contributed by atoms with Crippen molar-refractivity contribution in [3.8, 4) is 6.07 Å². The van der Waals surface area contributed by atoms with Crippen LogP contribution in [-0.2, 0) is 4.52 Å². The molecule has 0 fully saturated rings. The van der Waals surface area contributed by atoms with Gasteiger partial charge in [0, 0.05) is 8.15 Å². The minimum atomic E-state index is -0.341. The number of nitrogens with zero attached hydrogens (tertiary/aromatic N) is 1. The highest BCUT2D eigenvalue weighted by atomic mass is 31.1. The van der Waals surface area contributed by atoms with Crippen LogP contribution in [0.25, 0.3) is 0 Å². The summed E-state index contributed by atoms with van der Waals surface area (Å²) in [6.45, 7) is 9.31. The Morgan fingerprint density at radius 1 is 1.23 bits per heavy atom. The lowest BCUT2D eigenvalue weighted by atomic mass is 10.5. The molecule has 0 bridgehead atoms. The van der Waals surface area contributed by atoms with Gasteiger partial charge in [-0.05, 0) is 11.3 Å². The lowest BCUT2D eigenvalue weighted by molar-refractivity contribution is 0.354. The van der Waals surface area contributed by atoms with E-state index in [-0.39, 0.29) is 14.3 Å². The second-order valence-corrected chi connectivity index (χ2v) is 6.33. The van der Waals surface area contributed by atoms with Crippen molar-refractivity contribution in [2.24, 2.45) is 0 Å². The quantitative estimate of drug-likeness (QED) is 0.551. The van der Waals surface area contributed by atoms with E-state index in [1.165, 1.54) is 0 Å². The van der Waals surface area contributed by atoms with Crippen molar-refractivity contribution in [3.05, 3.63) is 0 Å². The standard InChI is InChI=1S/C9H18NOP.H3N/c1-8(2)12(9(3)4)11-7-5-6-10;/h8-9H,5,7H2,1-4H3;1H3. The van der Waals surface area contributed by atoms with Gasteiger partial charge >= 0.3 is 0 Å². The maximum atomic E-state index is 8.33. The molecule has 0 aliphatic rings. The highest BCUT2D eigenvalue weighted by Gasteiger charge is 2.17. The molecule has 0 saturated carbocycles. The highest BCUT2D eigenvalue weighted by molar-refractivity contribution is 7.54. The summed E-state index contributed by atoms with van der Waals surface area (Å²) in [6, 6.07) is 2.09. The molecule has 0 aliphatic heterocycles. The normalized spacial score (nSPS) is 10.3. The van der Waals surface area contributed by atoms with Crippen molar-refractivity contribution in [3.63, 3.8) is 0 Å². The average Bonchev–Trinajstić information content (AvgIpc) is 1.96. The van der Waals surface area contributed by atoms with Gasteiger partial charge in [0.05, 0.1) is 19.1 Å². The zero-order valence-corrected chi connectivity index (χ0v) is 9.97. The van der Waals surface area contributed by atoms with Crippen LogP contribution in [0.4, 0.5) is 0 Å². The molecule has 0 aromatic carbocycles. The molecule has 78 valence electrons. The van der Waals surface area contributed by atoms with E-state index < -0.39 is 0 Å². The van der Waals surface area contributed by atoms with Gasteiger partial charge in [-0.15, -0.1) is 0 Å². The second kappa shape index (κ2) is 8.44. The molecule has 0 spiro atoms. The van der Waals surface area contributed by atoms with E-state index in [0.29, 0.717) is 24.3 Å². The van der Waals surface area contributed by atoms with E-state index >= 15 is 0 Å². The largest absolute Gasteiger partial charge is 0.358 e. The van der Waals surface area contributed by atoms with Gasteiger partial charge in [0.1, 0.15) is 0 Å². The van der Waals surface area contributed by atoms with Crippen LogP contribution >= 0.6 is 8.15 Å². The lowest BCUT2D eigenvalue weighted by Crippen LogP contribution is -2.06. The number of rotatable bonds is 5. The second-order valence-electron chi connectivity index (χ2n) is 3.29. The van der Waals surface area contributed by atoms with Crippen LogP contribution in [0.5, 0.6) is 0 Å². The van der Waals surface area contributed by atoms with E-state index in [9.17, 15) is 0 Å². The average molecular weight is 204 g/mol. The lowest BCUT2D eigenvalue weighted by Gasteiger charge is -2.24. The van der Waals surface area contributed by atoms with Gasteiger partial charge in [0.15, 0.2) is 0 Å². The van der Waals surface area contributed by atoms with Crippen molar-refractivity contribution in [1.29, 1.82) is 5.26 Å². The minimum Gasteiger partial charge on any atom is -0.358 e. The smallest absolute Gasteiger partial charge is 0.0646 e. The summed E-state index contributed by atoms with van der Waals surface area (Å²) in [7, 11) is -0.341. The Balaban J connectivity index is 0. The van der Waals surface area contributed by atoms with Gasteiger partial charge < -0.3 is 10.7 Å². The molecule has 4 heteroatoms. The number of nitriles is 1. The Morgan fingerprint density at radius 2 is 1.69 bits per heavy atom. The summed E-state index contributed by atoms with van der Waals surface area (Å²) in [5.74, 6) is 0. The Bertz CT molecular complexity index is 146. The van der Waals surface area contributed by atoms with Crippen molar-refractivity contribution in [1.82, 2.24) is 6.15 Å². The summed E-state index contributed by atoms with van der Waals surface area (Å²) in [5.41, 5.74) is 1.19. The molecule has 3 nitrogen and oxygen atoms in total. The topological polar surface area (TPSA) is 68.0 Å². The SMILES string of the molecule is CC(C)P(OCCC#N)C(C)C.N. The summed E-state index contributed by atoms with van der Waals surface area (Å²) in [6.07, 6.45) is 0.512. The van der Waals surface area contributed by atoms with Crippen LogP contribution in [0, 0.1) is 11.3 Å². The fourth-order valence-corrected chi connectivity index (χ4v) is 3.18. The van der Waals surface area contributed by atoms with E-state index in [1.807, 2.05) is 0 Å². The molecule has 0 aliphatic carbocycles. The molecule has 0 saturated heterocycles. The van der Waals surface area contributed by atoms with E-state index in [1.54, 1.807) is 0 Å². The third-order valence-corrected chi connectivity index (χ3v) is 3.99. The summed E-state index contributed by atoms with van der Waals surface area (Å²) < 4.78 is 5.65. The first-order valence-corrected chi connectivity index (χ1v) is 5.77. The molecule has 0 aromatic rings. The van der Waals surface area contributed by atoms with Gasteiger partial charge in [-0.2, -0.15) is 5.26 Å². The highest BCUT2D eigenvalue weighted by Crippen LogP contribution is 2.46. The van der Waals surface area contributed by atoms with Gasteiger partial charge in [0.2, 0.25) is 0 Å². The van der Waals surface area contributed by atoms with Crippen LogP contribution < -0.4 is 6.15 Å². The van der Waals surface area contributed by atoms with Crippen LogP contribution in [-0.4, -0.2) is 17.9 Å². The van der Waals surface area contributed by atoms with Gasteiger partial charge in [0.25, 0.3) is 0 Å². The maximum absolute atomic E-state index is 8.33. The zero-order valence-electron chi connectivity index (χ0n) is 9.08. The molecule has 13 heavy (non-hydrogen) atoms. The number of hydrogen-bond acceptors (Lipinski definition) is 3. The van der Waals surface area contributed by atoms with Gasteiger partial charge in [-0.3, -0.25) is 0 Å². The first kappa shape index (κ1) is 15.3. The van der Waals surface area contributed by atoms with Crippen LogP contribution in [0.15, 0.2) is 0 Å². The Hall–Kier alpha value is -0.160. The third-order valence-electron chi connectivity index (χ3n) is 1.47. The fourth-order valence-electron chi connectivity index (χ4n) is 1.09. The molecule has 0 radical (unpaired) electrons. The summed E-state index contributed by atoms with van der Waals surface area (Å²) in [4.78, 5) is 0. The molecular weight excluding hydrogens is 183 g/mol. The Morgan fingerprint density at radius 3 is 2.00 bits per heavy atom. The Kier molecular flexibility index (Phi) is 9.94. The van der Waals surface area contributed by atoms with E-state index in [2.05, 4.69) is 33.8 Å². The molecule has 0 heterocycles. The molecule has 0 aromatic heterocycles. The third kappa shape index (κ3) is 6.95. The Labute approximate surface area is 82.9 Å². The minimum absolute atomic E-state index is 0. The molecular formula is C9H21N2OP. The first-order valence-electron chi connectivity index (χ1n) is 4.37. The molecule has 0 rings (SSSR count). The van der Waals surface area contributed by atoms with Crippen LogP contribution in [0.3, 0.4) is 0 Å². The summed E-state index contributed by atoms with van der Waals surface area (Å²) in [5, 5.41) is 8.33. The molecule has 0 unspecified atom stereocenters. The summed E-state index contributed by atoms with van der Waals surface area (Å²) >= 11 is 0. The van der Waals surface area contributed by atoms with Gasteiger partial charge in [-0.1, -0.05) is 27.7 Å². The predicted octanol–water partition coefficient (Wildman–Crippen LogP) is 3.29. The van der Waals surface area contributed by atoms with E-state index in [4.69, 9.17) is 9.79 Å². The van der Waals surface area contributed by atoms with Crippen LogP contribution in [0.1, 0.15) is 34.1 Å². The first-order chi connectivity index (χ1) is 5.59. The monoisotopic (exact) mass is 204 g/mol. The van der Waals surface area contributed by atoms with E-state index in [0.717, 1.165) is 0 Å². The molecule has 0 atom stereocenters. The van der Waals surface area contributed by atoms with Crippen LogP contribution in [0.2, 0.25) is 0 Å². The molecule has 3 N–H and O–H groups in total. The number of hydrogen-bond donors (Lipinski definition) is 1. The van der Waals surface area contributed by atoms with Crippen molar-refractivity contribution < 1.29 is 4.52 Å². The van der Waals surface area contributed by atoms with Crippen molar-refractivity contribution >= 4 is 8.15 Å². The predicted molar refractivity (Wildman–Crippen MR) is 58.4 cm³/mol. The van der Waals surface area contributed by atoms with Gasteiger partial charge in [-0.25, -0.2) is 0 Å².